The molecule has 8 heteroatoms. The zero-order valence-electron chi connectivity index (χ0n) is 14.4. The SMILES string of the molecule is CCCN1CCC(NC(=O)Cn2nnc(-c3ccc(Cl)cc3)n2)CC1. The molecule has 3 rings (SSSR count). The van der Waals surface area contributed by atoms with Crippen LogP contribution in [-0.4, -0.2) is 56.7 Å². The van der Waals surface area contributed by atoms with E-state index in [0.717, 1.165) is 38.0 Å². The molecule has 1 aromatic carbocycles. The summed E-state index contributed by atoms with van der Waals surface area (Å²) in [6, 6.07) is 7.44. The van der Waals surface area contributed by atoms with Gasteiger partial charge in [0, 0.05) is 29.7 Å². The summed E-state index contributed by atoms with van der Waals surface area (Å²) < 4.78 is 0. The van der Waals surface area contributed by atoms with Gasteiger partial charge >= 0.3 is 0 Å². The van der Waals surface area contributed by atoms with Gasteiger partial charge in [-0.1, -0.05) is 18.5 Å². The molecular formula is C17H23ClN6O. The fraction of sp³-hybridized carbons (Fsp3) is 0.529. The molecule has 1 saturated heterocycles. The topological polar surface area (TPSA) is 75.9 Å². The Morgan fingerprint density at radius 1 is 1.28 bits per heavy atom. The van der Waals surface area contributed by atoms with E-state index in [1.807, 2.05) is 12.1 Å². The molecule has 0 unspecified atom stereocenters. The molecule has 0 aliphatic carbocycles. The van der Waals surface area contributed by atoms with Crippen molar-refractivity contribution in [2.75, 3.05) is 19.6 Å². The third-order valence-corrected chi connectivity index (χ3v) is 4.58. The first-order valence-corrected chi connectivity index (χ1v) is 9.07. The molecule has 1 aliphatic rings. The van der Waals surface area contributed by atoms with Gasteiger partial charge in [0.15, 0.2) is 0 Å². The Hall–Kier alpha value is -1.99. The predicted molar refractivity (Wildman–Crippen MR) is 96.2 cm³/mol. The summed E-state index contributed by atoms with van der Waals surface area (Å²) >= 11 is 5.87. The second-order valence-electron chi connectivity index (χ2n) is 6.33. The van der Waals surface area contributed by atoms with E-state index in [-0.39, 0.29) is 18.5 Å². The number of rotatable bonds is 6. The Kier molecular flexibility index (Phi) is 5.99. The summed E-state index contributed by atoms with van der Waals surface area (Å²) in [6.07, 6.45) is 3.16. The lowest BCUT2D eigenvalue weighted by Gasteiger charge is -2.32. The number of amides is 1. The van der Waals surface area contributed by atoms with Crippen LogP contribution in [-0.2, 0) is 11.3 Å². The number of likely N-dealkylation sites (tertiary alicyclic amines) is 1. The number of benzene rings is 1. The molecule has 1 fully saturated rings. The molecule has 134 valence electrons. The van der Waals surface area contributed by atoms with Crippen molar-refractivity contribution in [3.63, 3.8) is 0 Å². The number of halogens is 1. The van der Waals surface area contributed by atoms with Gasteiger partial charge in [-0.2, -0.15) is 4.80 Å². The molecule has 1 N–H and O–H groups in total. The average Bonchev–Trinajstić information content (AvgIpc) is 3.06. The molecule has 1 amide bonds. The maximum Gasteiger partial charge on any atom is 0.243 e. The Morgan fingerprint density at radius 2 is 2.00 bits per heavy atom. The molecule has 2 aromatic rings. The van der Waals surface area contributed by atoms with E-state index in [4.69, 9.17) is 11.6 Å². The lowest BCUT2D eigenvalue weighted by molar-refractivity contribution is -0.123. The number of nitrogens with zero attached hydrogens (tertiary/aromatic N) is 5. The van der Waals surface area contributed by atoms with E-state index >= 15 is 0 Å². The highest BCUT2D eigenvalue weighted by atomic mass is 35.5. The minimum atomic E-state index is -0.0750. The van der Waals surface area contributed by atoms with Gasteiger partial charge in [-0.25, -0.2) is 0 Å². The van der Waals surface area contributed by atoms with Crippen molar-refractivity contribution in [3.8, 4) is 11.4 Å². The molecular weight excluding hydrogens is 340 g/mol. The summed E-state index contributed by atoms with van der Waals surface area (Å²) in [5.74, 6) is 0.409. The lowest BCUT2D eigenvalue weighted by Crippen LogP contribution is -2.45. The Bertz CT molecular complexity index is 693. The quantitative estimate of drug-likeness (QED) is 0.850. The highest BCUT2D eigenvalue weighted by molar-refractivity contribution is 6.30. The Morgan fingerprint density at radius 3 is 2.68 bits per heavy atom. The molecule has 25 heavy (non-hydrogen) atoms. The number of carbonyl (C=O) groups is 1. The minimum Gasteiger partial charge on any atom is -0.352 e. The number of carbonyl (C=O) groups excluding carboxylic acids is 1. The first kappa shape index (κ1) is 17.8. The monoisotopic (exact) mass is 362 g/mol. The maximum absolute atomic E-state index is 12.2. The van der Waals surface area contributed by atoms with Gasteiger partial charge in [-0.05, 0) is 55.3 Å². The normalized spacial score (nSPS) is 16.1. The van der Waals surface area contributed by atoms with Gasteiger partial charge in [0.05, 0.1) is 0 Å². The summed E-state index contributed by atoms with van der Waals surface area (Å²) in [5, 5.41) is 15.9. The number of nitrogens with one attached hydrogen (secondary N) is 1. The number of hydrogen-bond acceptors (Lipinski definition) is 5. The van der Waals surface area contributed by atoms with Crippen molar-refractivity contribution in [3.05, 3.63) is 29.3 Å². The molecule has 1 aliphatic heterocycles. The summed E-state index contributed by atoms with van der Waals surface area (Å²) in [4.78, 5) is 16.0. The van der Waals surface area contributed by atoms with E-state index in [2.05, 4.69) is 32.6 Å². The predicted octanol–water partition coefficient (Wildman–Crippen LogP) is 1.98. The van der Waals surface area contributed by atoms with Crippen molar-refractivity contribution in [2.24, 2.45) is 0 Å². The maximum atomic E-state index is 12.2. The Labute approximate surface area is 152 Å². The van der Waals surface area contributed by atoms with Crippen molar-refractivity contribution in [2.45, 2.75) is 38.8 Å². The van der Waals surface area contributed by atoms with E-state index in [0.29, 0.717) is 10.8 Å². The largest absolute Gasteiger partial charge is 0.352 e. The molecule has 0 saturated carbocycles. The third-order valence-electron chi connectivity index (χ3n) is 4.33. The summed E-state index contributed by atoms with van der Waals surface area (Å²) in [6.45, 7) is 5.49. The van der Waals surface area contributed by atoms with Crippen LogP contribution in [0, 0.1) is 0 Å². The second-order valence-corrected chi connectivity index (χ2v) is 6.77. The highest BCUT2D eigenvalue weighted by Gasteiger charge is 2.20. The number of tetrazole rings is 1. The van der Waals surface area contributed by atoms with Crippen LogP contribution in [0.4, 0.5) is 0 Å². The molecule has 0 spiro atoms. The molecule has 2 heterocycles. The van der Waals surface area contributed by atoms with Crippen LogP contribution in [0.15, 0.2) is 24.3 Å². The van der Waals surface area contributed by atoms with Gasteiger partial charge in [0.2, 0.25) is 11.7 Å². The van der Waals surface area contributed by atoms with Crippen molar-refractivity contribution in [1.82, 2.24) is 30.4 Å². The third kappa shape index (κ3) is 4.99. The van der Waals surface area contributed by atoms with E-state index in [1.165, 1.54) is 11.2 Å². The zero-order valence-corrected chi connectivity index (χ0v) is 15.1. The number of hydrogen-bond donors (Lipinski definition) is 1. The lowest BCUT2D eigenvalue weighted by atomic mass is 10.0. The highest BCUT2D eigenvalue weighted by Crippen LogP contribution is 2.17. The first-order valence-electron chi connectivity index (χ1n) is 8.69. The minimum absolute atomic E-state index is 0.0750. The second kappa shape index (κ2) is 8.40. The van der Waals surface area contributed by atoms with Crippen LogP contribution >= 0.6 is 11.6 Å². The molecule has 7 nitrogen and oxygen atoms in total. The first-order chi connectivity index (χ1) is 12.1. The molecule has 0 atom stereocenters. The van der Waals surface area contributed by atoms with Crippen molar-refractivity contribution in [1.29, 1.82) is 0 Å². The standard InChI is InChI=1S/C17H23ClN6O/c1-2-9-23-10-7-15(8-11-23)19-16(25)12-24-21-17(20-22-24)13-3-5-14(18)6-4-13/h3-6,15H,2,7-12H2,1H3,(H,19,25). The van der Waals surface area contributed by atoms with E-state index < -0.39 is 0 Å². The van der Waals surface area contributed by atoms with Crippen LogP contribution in [0.2, 0.25) is 5.02 Å². The smallest absolute Gasteiger partial charge is 0.243 e. The van der Waals surface area contributed by atoms with E-state index in [9.17, 15) is 4.79 Å². The van der Waals surface area contributed by atoms with Crippen LogP contribution in [0.1, 0.15) is 26.2 Å². The van der Waals surface area contributed by atoms with E-state index in [1.54, 1.807) is 12.1 Å². The van der Waals surface area contributed by atoms with Crippen molar-refractivity contribution < 1.29 is 4.79 Å². The van der Waals surface area contributed by atoms with Gasteiger partial charge in [0.1, 0.15) is 6.54 Å². The Balaban J connectivity index is 1.49. The van der Waals surface area contributed by atoms with Gasteiger partial charge < -0.3 is 10.2 Å². The van der Waals surface area contributed by atoms with Gasteiger partial charge in [0.25, 0.3) is 0 Å². The molecule has 0 radical (unpaired) electrons. The van der Waals surface area contributed by atoms with Crippen LogP contribution in [0.5, 0.6) is 0 Å². The number of aromatic nitrogens is 4. The van der Waals surface area contributed by atoms with Crippen LogP contribution < -0.4 is 5.32 Å². The van der Waals surface area contributed by atoms with Crippen LogP contribution in [0.3, 0.4) is 0 Å². The fourth-order valence-electron chi connectivity index (χ4n) is 3.04. The van der Waals surface area contributed by atoms with Gasteiger partial charge in [-0.3, -0.25) is 4.79 Å². The average molecular weight is 363 g/mol. The fourth-order valence-corrected chi connectivity index (χ4v) is 3.17. The zero-order chi connectivity index (χ0) is 17.6. The summed E-state index contributed by atoms with van der Waals surface area (Å²) in [5.41, 5.74) is 0.819. The molecule has 0 bridgehead atoms. The molecule has 1 aromatic heterocycles. The van der Waals surface area contributed by atoms with Gasteiger partial charge in [-0.15, -0.1) is 10.2 Å². The number of piperidine rings is 1. The van der Waals surface area contributed by atoms with Crippen molar-refractivity contribution >= 4 is 17.5 Å². The summed E-state index contributed by atoms with van der Waals surface area (Å²) in [7, 11) is 0. The van der Waals surface area contributed by atoms with Crippen LogP contribution in [0.25, 0.3) is 11.4 Å².